The van der Waals surface area contributed by atoms with Gasteiger partial charge in [0.15, 0.2) is 0 Å². The quantitative estimate of drug-likeness (QED) is 0.800. The number of hydrogen-bond donors (Lipinski definition) is 2. The largest absolute Gasteiger partial charge is 0.496 e. The highest BCUT2D eigenvalue weighted by Crippen LogP contribution is 2.26. The van der Waals surface area contributed by atoms with Crippen LogP contribution in [0, 0.1) is 6.92 Å². The number of carbonyl (C=O) groups excluding carboxylic acids is 1. The van der Waals surface area contributed by atoms with Gasteiger partial charge in [0.1, 0.15) is 5.75 Å². The zero-order valence-corrected chi connectivity index (χ0v) is 10.9. The van der Waals surface area contributed by atoms with Crippen LogP contribution in [0.2, 0.25) is 0 Å². The Balaban J connectivity index is 2.69. The van der Waals surface area contributed by atoms with Gasteiger partial charge < -0.3 is 16.2 Å². The Bertz CT molecular complexity index is 396. The van der Waals surface area contributed by atoms with Crippen molar-refractivity contribution in [3.63, 3.8) is 0 Å². The Labute approximate surface area is 106 Å². The van der Waals surface area contributed by atoms with Crippen molar-refractivity contribution >= 4 is 17.7 Å². The molecule has 0 heterocycles. The van der Waals surface area contributed by atoms with Crippen LogP contribution in [0.4, 0.5) is 0 Å². The Morgan fingerprint density at radius 2 is 2.24 bits per heavy atom. The lowest BCUT2D eigenvalue weighted by molar-refractivity contribution is -0.115. The third kappa shape index (κ3) is 4.28. The van der Waals surface area contributed by atoms with E-state index in [0.717, 1.165) is 16.9 Å². The molecule has 0 aliphatic carbocycles. The van der Waals surface area contributed by atoms with Crippen LogP contribution in [0.25, 0.3) is 0 Å². The third-order valence-corrected chi connectivity index (χ3v) is 3.41. The minimum atomic E-state index is -0.321. The fraction of sp³-hybridized carbons (Fsp3) is 0.417. The topological polar surface area (TPSA) is 78.3 Å². The second kappa shape index (κ2) is 6.51. The van der Waals surface area contributed by atoms with Gasteiger partial charge >= 0.3 is 0 Å². The number of amides is 1. The predicted octanol–water partition coefficient (Wildman–Crippen LogP) is 1.22. The molecule has 1 aromatic carbocycles. The maximum absolute atomic E-state index is 10.6. The number of ether oxygens (including phenoxy) is 1. The molecule has 0 bridgehead atoms. The average Bonchev–Trinajstić information content (AvgIpc) is 2.28. The van der Waals surface area contributed by atoms with E-state index >= 15 is 0 Å². The van der Waals surface area contributed by atoms with E-state index in [1.807, 2.05) is 25.1 Å². The third-order valence-electron chi connectivity index (χ3n) is 2.33. The molecule has 1 amide bonds. The highest BCUT2D eigenvalue weighted by Gasteiger charge is 2.12. The summed E-state index contributed by atoms with van der Waals surface area (Å²) in [5.41, 5.74) is 13.2. The lowest BCUT2D eigenvalue weighted by atomic mass is 10.1. The van der Waals surface area contributed by atoms with Crippen molar-refractivity contribution < 1.29 is 9.53 Å². The minimum Gasteiger partial charge on any atom is -0.496 e. The monoisotopic (exact) mass is 254 g/mol. The summed E-state index contributed by atoms with van der Waals surface area (Å²) < 4.78 is 5.27. The second-order valence-electron chi connectivity index (χ2n) is 3.83. The normalized spacial score (nSPS) is 12.2. The van der Waals surface area contributed by atoms with E-state index in [0.29, 0.717) is 11.5 Å². The summed E-state index contributed by atoms with van der Waals surface area (Å²) in [6.45, 7) is 2.01. The Hall–Kier alpha value is -1.20. The summed E-state index contributed by atoms with van der Waals surface area (Å²) in [4.78, 5) is 10.6. The molecule has 1 unspecified atom stereocenters. The number of primary amides is 1. The van der Waals surface area contributed by atoms with Crippen LogP contribution in [0.3, 0.4) is 0 Å². The van der Waals surface area contributed by atoms with Crippen molar-refractivity contribution in [2.75, 3.05) is 18.6 Å². The SMILES string of the molecule is COc1ccc(C)cc1C(N)CSCC(N)=O. The molecule has 1 aromatic rings. The van der Waals surface area contributed by atoms with Crippen LogP contribution in [0.5, 0.6) is 5.75 Å². The fourth-order valence-electron chi connectivity index (χ4n) is 1.52. The van der Waals surface area contributed by atoms with Crippen LogP contribution in [0.15, 0.2) is 18.2 Å². The lowest BCUT2D eigenvalue weighted by Crippen LogP contribution is -2.18. The molecule has 0 aliphatic heterocycles. The first kappa shape index (κ1) is 13.9. The van der Waals surface area contributed by atoms with E-state index in [2.05, 4.69) is 0 Å². The molecule has 1 atom stereocenters. The van der Waals surface area contributed by atoms with Crippen LogP contribution >= 0.6 is 11.8 Å². The van der Waals surface area contributed by atoms with E-state index in [1.165, 1.54) is 11.8 Å². The lowest BCUT2D eigenvalue weighted by Gasteiger charge is -2.15. The second-order valence-corrected chi connectivity index (χ2v) is 4.86. The molecule has 5 heteroatoms. The molecule has 0 radical (unpaired) electrons. The van der Waals surface area contributed by atoms with Crippen molar-refractivity contribution in [1.82, 2.24) is 0 Å². The van der Waals surface area contributed by atoms with Gasteiger partial charge in [-0.15, -0.1) is 0 Å². The van der Waals surface area contributed by atoms with Gasteiger partial charge in [-0.25, -0.2) is 0 Å². The molecular weight excluding hydrogens is 236 g/mol. The van der Waals surface area contributed by atoms with Crippen LogP contribution in [-0.2, 0) is 4.79 Å². The number of methoxy groups -OCH3 is 1. The summed E-state index contributed by atoms with van der Waals surface area (Å²) in [6.07, 6.45) is 0. The first-order valence-electron chi connectivity index (χ1n) is 5.30. The molecule has 94 valence electrons. The number of thioether (sulfide) groups is 1. The summed E-state index contributed by atoms with van der Waals surface area (Å²) in [6, 6.07) is 5.73. The predicted molar refractivity (Wildman–Crippen MR) is 71.2 cm³/mol. The summed E-state index contributed by atoms with van der Waals surface area (Å²) in [5.74, 6) is 1.39. The van der Waals surface area contributed by atoms with Crippen molar-refractivity contribution in [1.29, 1.82) is 0 Å². The Morgan fingerprint density at radius 3 is 2.82 bits per heavy atom. The standard InChI is InChI=1S/C12H18N2O2S/c1-8-3-4-11(16-2)9(5-8)10(13)6-17-7-12(14)15/h3-5,10H,6-7,13H2,1-2H3,(H2,14,15). The van der Waals surface area contributed by atoms with E-state index in [-0.39, 0.29) is 11.9 Å². The van der Waals surface area contributed by atoms with E-state index < -0.39 is 0 Å². The van der Waals surface area contributed by atoms with Gasteiger partial charge in [0, 0.05) is 17.4 Å². The molecule has 4 nitrogen and oxygen atoms in total. The summed E-state index contributed by atoms with van der Waals surface area (Å²) in [5, 5.41) is 0. The number of nitrogens with two attached hydrogens (primary N) is 2. The molecule has 0 saturated heterocycles. The van der Waals surface area contributed by atoms with Crippen LogP contribution < -0.4 is 16.2 Å². The van der Waals surface area contributed by atoms with Crippen molar-refractivity contribution in [2.45, 2.75) is 13.0 Å². The van der Waals surface area contributed by atoms with Gasteiger partial charge in [-0.2, -0.15) is 11.8 Å². The van der Waals surface area contributed by atoms with Gasteiger partial charge in [-0.3, -0.25) is 4.79 Å². The van der Waals surface area contributed by atoms with E-state index in [9.17, 15) is 4.79 Å². The van der Waals surface area contributed by atoms with Gasteiger partial charge in [-0.1, -0.05) is 17.7 Å². The molecule has 4 N–H and O–H groups in total. The molecule has 17 heavy (non-hydrogen) atoms. The summed E-state index contributed by atoms with van der Waals surface area (Å²) >= 11 is 1.43. The molecule has 0 aliphatic rings. The van der Waals surface area contributed by atoms with Crippen LogP contribution in [-0.4, -0.2) is 24.5 Å². The molecule has 0 fully saturated rings. The van der Waals surface area contributed by atoms with E-state index in [4.69, 9.17) is 16.2 Å². The van der Waals surface area contributed by atoms with E-state index in [1.54, 1.807) is 7.11 Å². The number of carbonyl (C=O) groups is 1. The number of hydrogen-bond acceptors (Lipinski definition) is 4. The van der Waals surface area contributed by atoms with Crippen molar-refractivity contribution in [3.8, 4) is 5.75 Å². The number of aryl methyl sites for hydroxylation is 1. The molecule has 0 aromatic heterocycles. The maximum atomic E-state index is 10.6. The van der Waals surface area contributed by atoms with Gasteiger partial charge in [0.2, 0.25) is 5.91 Å². The zero-order chi connectivity index (χ0) is 12.8. The van der Waals surface area contributed by atoms with Crippen molar-refractivity contribution in [2.24, 2.45) is 11.5 Å². The number of benzene rings is 1. The molecule has 0 spiro atoms. The maximum Gasteiger partial charge on any atom is 0.227 e. The summed E-state index contributed by atoms with van der Waals surface area (Å²) in [7, 11) is 1.62. The van der Waals surface area contributed by atoms with Gasteiger partial charge in [0.05, 0.1) is 12.9 Å². The van der Waals surface area contributed by atoms with Gasteiger partial charge in [0.25, 0.3) is 0 Å². The zero-order valence-electron chi connectivity index (χ0n) is 10.1. The Kier molecular flexibility index (Phi) is 5.31. The average molecular weight is 254 g/mol. The van der Waals surface area contributed by atoms with Gasteiger partial charge in [-0.05, 0) is 13.0 Å². The molecule has 1 rings (SSSR count). The first-order valence-corrected chi connectivity index (χ1v) is 6.46. The minimum absolute atomic E-state index is 0.158. The van der Waals surface area contributed by atoms with Crippen molar-refractivity contribution in [3.05, 3.63) is 29.3 Å². The Morgan fingerprint density at radius 1 is 1.53 bits per heavy atom. The molecule has 0 saturated carbocycles. The molecular formula is C12H18N2O2S. The number of rotatable bonds is 6. The fourth-order valence-corrected chi connectivity index (χ4v) is 2.27. The van der Waals surface area contributed by atoms with Crippen LogP contribution in [0.1, 0.15) is 17.2 Å². The highest BCUT2D eigenvalue weighted by molar-refractivity contribution is 7.99. The highest BCUT2D eigenvalue weighted by atomic mass is 32.2. The first-order chi connectivity index (χ1) is 8.04. The smallest absolute Gasteiger partial charge is 0.227 e.